The van der Waals surface area contributed by atoms with Crippen LogP contribution in [0, 0.1) is 0 Å². The van der Waals surface area contributed by atoms with Crippen molar-refractivity contribution in [2.75, 3.05) is 4.90 Å². The first-order chi connectivity index (χ1) is 23.8. The van der Waals surface area contributed by atoms with Crippen molar-refractivity contribution in [1.82, 2.24) is 0 Å². The molecule has 0 saturated heterocycles. The van der Waals surface area contributed by atoms with Crippen molar-refractivity contribution in [3.05, 3.63) is 186 Å². The smallest absolute Gasteiger partial charge is 0.0540 e. The predicted molar refractivity (Wildman–Crippen MR) is 207 cm³/mol. The fraction of sp³-hybridized carbons (Fsp3) is 0.125. The largest absolute Gasteiger partial charge is 0.310 e. The van der Waals surface area contributed by atoms with E-state index in [4.69, 9.17) is 0 Å². The number of benzene rings is 7. The maximum Gasteiger partial charge on any atom is 0.0540 e. The molecule has 0 spiro atoms. The third kappa shape index (κ3) is 4.53. The Morgan fingerprint density at radius 1 is 0.327 bits per heavy atom. The summed E-state index contributed by atoms with van der Waals surface area (Å²) >= 11 is 0. The van der Waals surface area contributed by atoms with E-state index in [2.05, 4.69) is 196 Å². The fourth-order valence-electron chi connectivity index (χ4n) is 8.46. The molecule has 0 aliphatic heterocycles. The van der Waals surface area contributed by atoms with Gasteiger partial charge < -0.3 is 4.90 Å². The first kappa shape index (κ1) is 29.5. The predicted octanol–water partition coefficient (Wildman–Crippen LogP) is 13.1. The summed E-state index contributed by atoms with van der Waals surface area (Å²) in [4.78, 5) is 2.48. The van der Waals surface area contributed by atoms with E-state index in [1.165, 1.54) is 83.8 Å². The first-order valence-corrected chi connectivity index (χ1v) is 17.4. The zero-order valence-corrected chi connectivity index (χ0v) is 28.5. The van der Waals surface area contributed by atoms with Crippen LogP contribution in [0.25, 0.3) is 44.5 Å². The van der Waals surface area contributed by atoms with Crippen molar-refractivity contribution in [2.45, 2.75) is 38.5 Å². The van der Waals surface area contributed by atoms with Gasteiger partial charge in [-0.15, -0.1) is 0 Å². The minimum absolute atomic E-state index is 0.0927. The molecule has 236 valence electrons. The molecule has 49 heavy (non-hydrogen) atoms. The van der Waals surface area contributed by atoms with Gasteiger partial charge in [0.15, 0.2) is 0 Å². The number of para-hydroxylation sites is 1. The van der Waals surface area contributed by atoms with E-state index in [1.54, 1.807) is 0 Å². The van der Waals surface area contributed by atoms with E-state index in [1.807, 2.05) is 0 Å². The zero-order valence-electron chi connectivity index (χ0n) is 28.5. The SMILES string of the molecule is CC1(C)c2ccccc2-c2ccc(N(c3ccc4c(c3)C(C)(C)c3cc(-c5ccccc5)ccc3-4)c3ccccc3-c3ccccc3)cc21. The average molecular weight is 630 g/mol. The minimum Gasteiger partial charge on any atom is -0.310 e. The van der Waals surface area contributed by atoms with Gasteiger partial charge in [-0.1, -0.05) is 155 Å². The van der Waals surface area contributed by atoms with Gasteiger partial charge in [-0.2, -0.15) is 0 Å². The van der Waals surface area contributed by atoms with Gasteiger partial charge in [-0.05, 0) is 97.6 Å². The molecule has 0 fully saturated rings. The Balaban J connectivity index is 1.23. The molecule has 0 bridgehead atoms. The second-order valence-corrected chi connectivity index (χ2v) is 14.6. The molecule has 0 N–H and O–H groups in total. The van der Waals surface area contributed by atoms with E-state index in [0.717, 1.165) is 0 Å². The van der Waals surface area contributed by atoms with Gasteiger partial charge in [-0.3, -0.25) is 0 Å². The van der Waals surface area contributed by atoms with Crippen LogP contribution in [-0.4, -0.2) is 0 Å². The van der Waals surface area contributed by atoms with Gasteiger partial charge >= 0.3 is 0 Å². The fourth-order valence-corrected chi connectivity index (χ4v) is 8.46. The van der Waals surface area contributed by atoms with Crippen molar-refractivity contribution >= 4 is 17.1 Å². The van der Waals surface area contributed by atoms with E-state index in [0.29, 0.717) is 0 Å². The van der Waals surface area contributed by atoms with Gasteiger partial charge in [0.05, 0.1) is 5.69 Å². The molecule has 0 atom stereocenters. The van der Waals surface area contributed by atoms with Gasteiger partial charge in [-0.25, -0.2) is 0 Å². The molecule has 1 nitrogen and oxygen atoms in total. The normalized spacial score (nSPS) is 14.4. The molecule has 0 heterocycles. The van der Waals surface area contributed by atoms with E-state index >= 15 is 0 Å². The molecule has 2 aliphatic rings. The molecule has 0 aromatic heterocycles. The van der Waals surface area contributed by atoms with Crippen LogP contribution < -0.4 is 4.90 Å². The number of fused-ring (bicyclic) bond motifs is 6. The summed E-state index contributed by atoms with van der Waals surface area (Å²) in [6, 6.07) is 60.5. The Morgan fingerprint density at radius 3 is 1.41 bits per heavy atom. The Hall–Kier alpha value is -5.66. The van der Waals surface area contributed by atoms with Gasteiger partial charge in [0.2, 0.25) is 0 Å². The minimum atomic E-state index is -0.155. The number of rotatable bonds is 5. The first-order valence-electron chi connectivity index (χ1n) is 17.4. The highest BCUT2D eigenvalue weighted by molar-refractivity contribution is 5.92. The molecular weight excluding hydrogens is 591 g/mol. The Kier molecular flexibility index (Phi) is 6.58. The summed E-state index contributed by atoms with van der Waals surface area (Å²) in [7, 11) is 0. The van der Waals surface area contributed by atoms with Gasteiger partial charge in [0, 0.05) is 27.8 Å². The highest BCUT2D eigenvalue weighted by atomic mass is 15.1. The molecule has 0 radical (unpaired) electrons. The van der Waals surface area contributed by atoms with Crippen LogP contribution >= 0.6 is 0 Å². The lowest BCUT2D eigenvalue weighted by Crippen LogP contribution is -2.18. The summed E-state index contributed by atoms with van der Waals surface area (Å²) in [5.41, 5.74) is 19.0. The third-order valence-electron chi connectivity index (χ3n) is 11.1. The van der Waals surface area contributed by atoms with Crippen LogP contribution in [0.4, 0.5) is 17.1 Å². The van der Waals surface area contributed by atoms with Crippen LogP contribution in [0.15, 0.2) is 164 Å². The summed E-state index contributed by atoms with van der Waals surface area (Å²) in [5.74, 6) is 0. The van der Waals surface area contributed by atoms with Crippen molar-refractivity contribution in [3.8, 4) is 44.5 Å². The lowest BCUT2D eigenvalue weighted by Gasteiger charge is -2.31. The maximum atomic E-state index is 2.48. The standard InChI is InChI=1S/C48H39N/c1-47(2)42-21-13-11-20-38(42)40-27-24-35(30-44(40)47)49(46-22-14-12-19-37(46)33-17-9-6-10-18-33)36-25-28-41-39-26-23-34(32-15-7-5-8-16-32)29-43(39)48(3,4)45(41)31-36/h5-31H,1-4H3. The molecule has 2 aliphatic carbocycles. The third-order valence-corrected chi connectivity index (χ3v) is 11.1. The van der Waals surface area contributed by atoms with Crippen LogP contribution in [0.1, 0.15) is 49.9 Å². The molecule has 9 rings (SSSR count). The molecule has 1 heteroatoms. The van der Waals surface area contributed by atoms with Crippen LogP contribution in [0.2, 0.25) is 0 Å². The number of nitrogens with zero attached hydrogens (tertiary/aromatic N) is 1. The van der Waals surface area contributed by atoms with Gasteiger partial charge in [0.25, 0.3) is 0 Å². The van der Waals surface area contributed by atoms with E-state index in [9.17, 15) is 0 Å². The Morgan fingerprint density at radius 2 is 0.776 bits per heavy atom. The molecule has 0 amide bonds. The summed E-state index contributed by atoms with van der Waals surface area (Å²) in [5, 5.41) is 0. The Labute approximate surface area is 290 Å². The van der Waals surface area contributed by atoms with Crippen molar-refractivity contribution in [1.29, 1.82) is 0 Å². The molecule has 0 saturated carbocycles. The monoisotopic (exact) mass is 629 g/mol. The highest BCUT2D eigenvalue weighted by Crippen LogP contribution is 2.54. The summed E-state index contributed by atoms with van der Waals surface area (Å²) in [6.45, 7) is 9.49. The number of hydrogen-bond donors (Lipinski definition) is 0. The molecule has 0 unspecified atom stereocenters. The van der Waals surface area contributed by atoms with Crippen molar-refractivity contribution in [2.24, 2.45) is 0 Å². The molecular formula is C48H39N. The summed E-state index contributed by atoms with van der Waals surface area (Å²) in [6.07, 6.45) is 0. The van der Waals surface area contributed by atoms with Gasteiger partial charge in [0.1, 0.15) is 0 Å². The second kappa shape index (κ2) is 10.9. The quantitative estimate of drug-likeness (QED) is 0.183. The molecule has 7 aromatic carbocycles. The maximum absolute atomic E-state index is 2.48. The average Bonchev–Trinajstić information content (AvgIpc) is 3.51. The van der Waals surface area contributed by atoms with E-state index < -0.39 is 0 Å². The van der Waals surface area contributed by atoms with Crippen LogP contribution in [-0.2, 0) is 10.8 Å². The lowest BCUT2D eigenvalue weighted by molar-refractivity contribution is 0.660. The summed E-state index contributed by atoms with van der Waals surface area (Å²) < 4.78 is 0. The van der Waals surface area contributed by atoms with Crippen molar-refractivity contribution < 1.29 is 0 Å². The zero-order chi connectivity index (χ0) is 33.3. The van der Waals surface area contributed by atoms with Crippen molar-refractivity contribution in [3.63, 3.8) is 0 Å². The topological polar surface area (TPSA) is 3.24 Å². The number of hydrogen-bond acceptors (Lipinski definition) is 1. The lowest BCUT2D eigenvalue weighted by atomic mass is 9.81. The van der Waals surface area contributed by atoms with E-state index in [-0.39, 0.29) is 10.8 Å². The number of anilines is 3. The second-order valence-electron chi connectivity index (χ2n) is 14.6. The highest BCUT2D eigenvalue weighted by Gasteiger charge is 2.38. The molecule has 7 aromatic rings. The van der Waals surface area contributed by atoms with Crippen LogP contribution in [0.3, 0.4) is 0 Å². The van der Waals surface area contributed by atoms with Crippen LogP contribution in [0.5, 0.6) is 0 Å². The Bertz CT molecular complexity index is 2380.